The third-order valence-corrected chi connectivity index (χ3v) is 4.87. The summed E-state index contributed by atoms with van der Waals surface area (Å²) in [4.78, 5) is 10.7. The molecule has 3 rings (SSSR count). The van der Waals surface area contributed by atoms with Crippen LogP contribution in [0.3, 0.4) is 0 Å². The lowest BCUT2D eigenvalue weighted by Crippen LogP contribution is -2.25. The molecule has 1 aliphatic rings. The molecular formula is C21H22ClFO4. The molecule has 2 aromatic carbocycles. The summed E-state index contributed by atoms with van der Waals surface area (Å²) in [6.07, 6.45) is 0.993. The van der Waals surface area contributed by atoms with Crippen LogP contribution in [-0.2, 0) is 24.2 Å². The summed E-state index contributed by atoms with van der Waals surface area (Å²) < 4.78 is 26.3. The standard InChI is InChI=1S/C21H22ClFO4/c1-12-13(5-7-18(24)25)4-6-17(19(12)23)26-11-15-9-16(22)8-14-10-21(2,3)27-20(14)15/h4,6,8-9H,5,7,10-11H2,1-3H3,(H,24,25). The minimum Gasteiger partial charge on any atom is -0.487 e. The van der Waals surface area contributed by atoms with Gasteiger partial charge in [0.05, 0.1) is 0 Å². The Kier molecular flexibility index (Phi) is 5.33. The van der Waals surface area contributed by atoms with Crippen LogP contribution in [0.25, 0.3) is 0 Å². The van der Waals surface area contributed by atoms with E-state index in [0.29, 0.717) is 16.1 Å². The van der Waals surface area contributed by atoms with Crippen LogP contribution < -0.4 is 9.47 Å². The maximum atomic E-state index is 14.6. The smallest absolute Gasteiger partial charge is 0.303 e. The maximum Gasteiger partial charge on any atom is 0.303 e. The molecule has 6 heteroatoms. The highest BCUT2D eigenvalue weighted by molar-refractivity contribution is 6.30. The molecule has 0 spiro atoms. The van der Waals surface area contributed by atoms with Gasteiger partial charge in [0, 0.05) is 23.4 Å². The lowest BCUT2D eigenvalue weighted by atomic mass is 10.0. The molecule has 1 aliphatic heterocycles. The van der Waals surface area contributed by atoms with E-state index in [1.807, 2.05) is 19.9 Å². The number of ether oxygens (including phenoxy) is 2. The molecule has 1 heterocycles. The second kappa shape index (κ2) is 7.39. The van der Waals surface area contributed by atoms with Gasteiger partial charge in [0.15, 0.2) is 11.6 Å². The molecule has 0 aromatic heterocycles. The molecule has 0 bridgehead atoms. The largest absolute Gasteiger partial charge is 0.487 e. The number of fused-ring (bicyclic) bond motifs is 1. The summed E-state index contributed by atoms with van der Waals surface area (Å²) in [7, 11) is 0. The normalized spacial score (nSPS) is 14.6. The minimum atomic E-state index is -0.909. The lowest BCUT2D eigenvalue weighted by molar-refractivity contribution is -0.136. The fraction of sp³-hybridized carbons (Fsp3) is 0.381. The number of aliphatic carboxylic acids is 1. The monoisotopic (exact) mass is 392 g/mol. The molecule has 27 heavy (non-hydrogen) atoms. The van der Waals surface area contributed by atoms with Gasteiger partial charge >= 0.3 is 5.97 Å². The third-order valence-electron chi connectivity index (χ3n) is 4.66. The molecule has 144 valence electrons. The molecular weight excluding hydrogens is 371 g/mol. The molecule has 0 saturated heterocycles. The average molecular weight is 393 g/mol. The van der Waals surface area contributed by atoms with Crippen LogP contribution in [0.4, 0.5) is 4.39 Å². The SMILES string of the molecule is Cc1c(CCC(=O)O)ccc(OCc2cc(Cl)cc3c2OC(C)(C)C3)c1F. The first-order valence-electron chi connectivity index (χ1n) is 8.79. The van der Waals surface area contributed by atoms with E-state index in [9.17, 15) is 9.18 Å². The predicted molar refractivity (Wildman–Crippen MR) is 101 cm³/mol. The molecule has 0 amide bonds. The first kappa shape index (κ1) is 19.5. The first-order chi connectivity index (χ1) is 12.7. The van der Waals surface area contributed by atoms with Crippen LogP contribution in [0.2, 0.25) is 5.02 Å². The van der Waals surface area contributed by atoms with E-state index in [1.165, 1.54) is 6.07 Å². The fourth-order valence-electron chi connectivity index (χ4n) is 3.33. The summed E-state index contributed by atoms with van der Waals surface area (Å²) in [5.41, 5.74) is 2.55. The van der Waals surface area contributed by atoms with Gasteiger partial charge in [-0.1, -0.05) is 17.7 Å². The zero-order chi connectivity index (χ0) is 19.8. The van der Waals surface area contributed by atoms with Gasteiger partial charge in [0.1, 0.15) is 18.0 Å². The van der Waals surface area contributed by atoms with Crippen molar-refractivity contribution in [2.75, 3.05) is 0 Å². The summed E-state index contributed by atoms with van der Waals surface area (Å²) in [6.45, 7) is 5.76. The van der Waals surface area contributed by atoms with Crippen LogP contribution >= 0.6 is 11.6 Å². The Hall–Kier alpha value is -2.27. The van der Waals surface area contributed by atoms with E-state index in [1.54, 1.807) is 19.1 Å². The highest BCUT2D eigenvalue weighted by Crippen LogP contribution is 2.40. The minimum absolute atomic E-state index is 0.0394. The number of hydrogen-bond acceptors (Lipinski definition) is 3. The van der Waals surface area contributed by atoms with Crippen LogP contribution in [0.15, 0.2) is 24.3 Å². The Morgan fingerprint density at radius 1 is 1.33 bits per heavy atom. The van der Waals surface area contributed by atoms with Crippen molar-refractivity contribution in [1.29, 1.82) is 0 Å². The summed E-state index contributed by atoms with van der Waals surface area (Å²) in [6, 6.07) is 6.90. The third kappa shape index (κ3) is 4.35. The van der Waals surface area contributed by atoms with Crippen molar-refractivity contribution in [2.24, 2.45) is 0 Å². The van der Waals surface area contributed by atoms with Crippen LogP contribution in [0.1, 0.15) is 42.5 Å². The van der Waals surface area contributed by atoms with E-state index in [0.717, 1.165) is 23.3 Å². The van der Waals surface area contributed by atoms with Crippen molar-refractivity contribution in [1.82, 2.24) is 0 Å². The second-order valence-electron chi connectivity index (χ2n) is 7.44. The van der Waals surface area contributed by atoms with E-state index in [4.69, 9.17) is 26.2 Å². The van der Waals surface area contributed by atoms with Gasteiger partial charge in [-0.25, -0.2) is 4.39 Å². The van der Waals surface area contributed by atoms with Crippen molar-refractivity contribution >= 4 is 17.6 Å². The van der Waals surface area contributed by atoms with E-state index in [2.05, 4.69) is 0 Å². The van der Waals surface area contributed by atoms with Gasteiger partial charge in [-0.3, -0.25) is 4.79 Å². The van der Waals surface area contributed by atoms with Gasteiger partial charge in [0.2, 0.25) is 0 Å². The van der Waals surface area contributed by atoms with E-state index >= 15 is 0 Å². The molecule has 0 saturated carbocycles. The van der Waals surface area contributed by atoms with Crippen molar-refractivity contribution in [2.45, 2.75) is 52.2 Å². The molecule has 1 N–H and O–H groups in total. The van der Waals surface area contributed by atoms with Gasteiger partial charge < -0.3 is 14.6 Å². The molecule has 4 nitrogen and oxygen atoms in total. The number of aryl methyl sites for hydroxylation is 1. The lowest BCUT2D eigenvalue weighted by Gasteiger charge is -2.18. The van der Waals surface area contributed by atoms with E-state index in [-0.39, 0.29) is 30.8 Å². The molecule has 2 aromatic rings. The van der Waals surface area contributed by atoms with Crippen LogP contribution in [0.5, 0.6) is 11.5 Å². The van der Waals surface area contributed by atoms with Gasteiger partial charge in [-0.15, -0.1) is 0 Å². The summed E-state index contributed by atoms with van der Waals surface area (Å²) in [5, 5.41) is 9.39. The Bertz CT molecular complexity index is 892. The molecule has 0 unspecified atom stereocenters. The molecule has 0 radical (unpaired) electrons. The van der Waals surface area contributed by atoms with Crippen LogP contribution in [-0.4, -0.2) is 16.7 Å². The number of rotatable bonds is 6. The Balaban J connectivity index is 1.79. The van der Waals surface area contributed by atoms with Crippen molar-refractivity contribution in [3.05, 3.63) is 57.4 Å². The van der Waals surface area contributed by atoms with Crippen molar-refractivity contribution < 1.29 is 23.8 Å². The number of carboxylic acids is 1. The maximum absolute atomic E-state index is 14.6. The fourth-order valence-corrected chi connectivity index (χ4v) is 3.60. The number of hydrogen-bond donors (Lipinski definition) is 1. The predicted octanol–water partition coefficient (Wildman–Crippen LogP) is 5.10. The van der Waals surface area contributed by atoms with Gasteiger partial charge in [-0.2, -0.15) is 0 Å². The molecule has 0 atom stereocenters. The number of benzene rings is 2. The summed E-state index contributed by atoms with van der Waals surface area (Å²) in [5.74, 6) is -0.511. The van der Waals surface area contributed by atoms with Crippen LogP contribution in [0, 0.1) is 12.7 Å². The highest BCUT2D eigenvalue weighted by atomic mass is 35.5. The zero-order valence-corrected chi connectivity index (χ0v) is 16.3. The van der Waals surface area contributed by atoms with Gasteiger partial charge in [-0.05, 0) is 62.1 Å². The zero-order valence-electron chi connectivity index (χ0n) is 15.6. The molecule has 0 fully saturated rings. The van der Waals surface area contributed by atoms with Crippen molar-refractivity contribution in [3.63, 3.8) is 0 Å². The van der Waals surface area contributed by atoms with Gasteiger partial charge in [0.25, 0.3) is 0 Å². The number of carboxylic acid groups (broad SMARTS) is 1. The highest BCUT2D eigenvalue weighted by Gasteiger charge is 2.32. The summed E-state index contributed by atoms with van der Waals surface area (Å²) >= 11 is 6.21. The topological polar surface area (TPSA) is 55.8 Å². The van der Waals surface area contributed by atoms with E-state index < -0.39 is 11.8 Å². The Morgan fingerprint density at radius 3 is 2.78 bits per heavy atom. The second-order valence-corrected chi connectivity index (χ2v) is 7.87. The number of carbonyl (C=O) groups is 1. The quantitative estimate of drug-likeness (QED) is 0.743. The van der Waals surface area contributed by atoms with Crippen molar-refractivity contribution in [3.8, 4) is 11.5 Å². The first-order valence-corrected chi connectivity index (χ1v) is 9.17. The number of halogens is 2. The molecule has 0 aliphatic carbocycles. The Morgan fingerprint density at radius 2 is 2.07 bits per heavy atom. The average Bonchev–Trinajstić information content (AvgIpc) is 2.88. The Labute approximate surface area is 162 Å².